The summed E-state index contributed by atoms with van der Waals surface area (Å²) < 4.78 is 32.8. The summed E-state index contributed by atoms with van der Waals surface area (Å²) in [4.78, 5) is 31.0. The minimum atomic E-state index is -3.69. The van der Waals surface area contributed by atoms with Gasteiger partial charge in [0.15, 0.2) is 5.78 Å². The number of primary amides is 1. The second-order valence-electron chi connectivity index (χ2n) is 11.1. The van der Waals surface area contributed by atoms with Crippen molar-refractivity contribution in [1.82, 2.24) is 9.88 Å². The van der Waals surface area contributed by atoms with Gasteiger partial charge in [0.25, 0.3) is 0 Å². The van der Waals surface area contributed by atoms with Crippen molar-refractivity contribution in [3.05, 3.63) is 52.3 Å². The van der Waals surface area contributed by atoms with E-state index in [4.69, 9.17) is 15.9 Å². The molecule has 2 heterocycles. The zero-order chi connectivity index (χ0) is 27.8. The lowest BCUT2D eigenvalue weighted by Gasteiger charge is -2.26. The van der Waals surface area contributed by atoms with Gasteiger partial charge < -0.3 is 15.4 Å². The van der Waals surface area contributed by atoms with Crippen LogP contribution >= 0.6 is 0 Å². The van der Waals surface area contributed by atoms with Crippen molar-refractivity contribution in [3.63, 3.8) is 0 Å². The SMILES string of the molecule is CC(C)(C)c1cc(C(=O)CN2Cc3ccc(C4CC4)nc3C2=N)cc(NS(C)(=O)=O)c1OCCCC(N)=O. The third-order valence-corrected chi connectivity index (χ3v) is 7.15. The number of amidine groups is 1. The van der Waals surface area contributed by atoms with Crippen LogP contribution in [0.25, 0.3) is 0 Å². The van der Waals surface area contributed by atoms with Crippen LogP contribution in [0.4, 0.5) is 5.69 Å². The lowest BCUT2D eigenvalue weighted by Crippen LogP contribution is -2.31. The topological polar surface area (TPSA) is 156 Å². The number of ether oxygens (including phenoxy) is 1. The molecule has 1 aliphatic carbocycles. The minimum Gasteiger partial charge on any atom is -0.491 e. The molecule has 1 aromatic carbocycles. The molecule has 0 unspecified atom stereocenters. The van der Waals surface area contributed by atoms with Gasteiger partial charge in [-0.05, 0) is 42.9 Å². The quantitative estimate of drug-likeness (QED) is 0.291. The van der Waals surface area contributed by atoms with Crippen LogP contribution in [-0.4, -0.2) is 55.2 Å². The maximum atomic E-state index is 13.5. The van der Waals surface area contributed by atoms with Gasteiger partial charge in [0.2, 0.25) is 15.9 Å². The molecular formula is C27H35N5O5S. The van der Waals surface area contributed by atoms with E-state index in [2.05, 4.69) is 9.71 Å². The molecule has 1 amide bonds. The second kappa shape index (κ2) is 10.4. The molecule has 1 aliphatic heterocycles. The van der Waals surface area contributed by atoms with Gasteiger partial charge in [-0.2, -0.15) is 0 Å². The van der Waals surface area contributed by atoms with Crippen molar-refractivity contribution in [1.29, 1.82) is 5.41 Å². The van der Waals surface area contributed by atoms with Crippen molar-refractivity contribution < 1.29 is 22.7 Å². The Morgan fingerprint density at radius 1 is 1.24 bits per heavy atom. The fourth-order valence-corrected chi connectivity index (χ4v) is 5.03. The van der Waals surface area contributed by atoms with E-state index in [1.807, 2.05) is 32.9 Å². The number of pyridine rings is 1. The third kappa shape index (κ3) is 6.50. The molecule has 1 fully saturated rings. The highest BCUT2D eigenvalue weighted by Crippen LogP contribution is 2.41. The number of nitrogens with one attached hydrogen (secondary N) is 2. The first-order valence-electron chi connectivity index (χ1n) is 12.7. The normalized spacial score (nSPS) is 15.4. The molecule has 0 bridgehead atoms. The van der Waals surface area contributed by atoms with Crippen molar-refractivity contribution in [2.75, 3.05) is 24.1 Å². The Kier molecular flexibility index (Phi) is 7.51. The number of aromatic nitrogens is 1. The summed E-state index contributed by atoms with van der Waals surface area (Å²) in [5.74, 6) is 0.288. The van der Waals surface area contributed by atoms with Crippen molar-refractivity contribution in [2.24, 2.45) is 5.73 Å². The Labute approximate surface area is 223 Å². The summed E-state index contributed by atoms with van der Waals surface area (Å²) in [6, 6.07) is 7.19. The molecule has 0 radical (unpaired) electrons. The highest BCUT2D eigenvalue weighted by Gasteiger charge is 2.32. The fourth-order valence-electron chi connectivity index (χ4n) is 4.47. The lowest BCUT2D eigenvalue weighted by molar-refractivity contribution is -0.118. The number of ketones is 1. The van der Waals surface area contributed by atoms with Crippen LogP contribution in [0, 0.1) is 5.41 Å². The number of rotatable bonds is 11. The number of nitrogens with zero attached hydrogens (tertiary/aromatic N) is 2. The minimum absolute atomic E-state index is 0.0470. The number of carbonyl (C=O) groups is 2. The molecule has 0 spiro atoms. The van der Waals surface area contributed by atoms with Crippen LogP contribution in [0.2, 0.25) is 0 Å². The van der Waals surface area contributed by atoms with Gasteiger partial charge in [0.05, 0.1) is 25.1 Å². The van der Waals surface area contributed by atoms with Gasteiger partial charge in [-0.1, -0.05) is 26.8 Å². The van der Waals surface area contributed by atoms with Crippen molar-refractivity contribution in [2.45, 2.75) is 64.3 Å². The summed E-state index contributed by atoms with van der Waals surface area (Å²) in [6.07, 6.45) is 3.77. The van der Waals surface area contributed by atoms with Crippen LogP contribution in [0.1, 0.15) is 85.2 Å². The maximum Gasteiger partial charge on any atom is 0.229 e. The third-order valence-electron chi connectivity index (χ3n) is 6.56. The number of benzene rings is 1. The van der Waals surface area contributed by atoms with E-state index in [0.29, 0.717) is 41.5 Å². The molecule has 2 aromatic rings. The van der Waals surface area contributed by atoms with Crippen LogP contribution in [0.5, 0.6) is 5.75 Å². The van der Waals surface area contributed by atoms with Crippen LogP contribution in [0.3, 0.4) is 0 Å². The fraction of sp³-hybridized carbons (Fsp3) is 0.481. The molecule has 1 saturated carbocycles. The maximum absolute atomic E-state index is 13.5. The molecule has 1 aromatic heterocycles. The van der Waals surface area contributed by atoms with Gasteiger partial charge >= 0.3 is 0 Å². The predicted molar refractivity (Wildman–Crippen MR) is 145 cm³/mol. The summed E-state index contributed by atoms with van der Waals surface area (Å²) in [6.45, 7) is 6.33. The number of Topliss-reactive ketones (excluding diaryl/α,β-unsaturated/α-hetero) is 1. The molecule has 204 valence electrons. The molecular weight excluding hydrogens is 506 g/mol. The Bertz CT molecular complexity index is 1390. The molecule has 11 heteroatoms. The van der Waals surface area contributed by atoms with E-state index in [0.717, 1.165) is 30.4 Å². The number of anilines is 1. The van der Waals surface area contributed by atoms with Gasteiger partial charge in [-0.15, -0.1) is 0 Å². The second-order valence-corrected chi connectivity index (χ2v) is 12.8. The Morgan fingerprint density at radius 3 is 2.55 bits per heavy atom. The number of carbonyl (C=O) groups excluding carboxylic acids is 2. The van der Waals surface area contributed by atoms with Gasteiger partial charge in [0.1, 0.15) is 17.3 Å². The molecule has 38 heavy (non-hydrogen) atoms. The number of hydrogen-bond donors (Lipinski definition) is 3. The van der Waals surface area contributed by atoms with Crippen LogP contribution in [0.15, 0.2) is 24.3 Å². The molecule has 0 saturated heterocycles. The highest BCUT2D eigenvalue weighted by molar-refractivity contribution is 7.92. The first-order valence-corrected chi connectivity index (χ1v) is 14.6. The summed E-state index contributed by atoms with van der Waals surface area (Å²) in [7, 11) is -3.69. The van der Waals surface area contributed by atoms with E-state index in [-0.39, 0.29) is 36.9 Å². The van der Waals surface area contributed by atoms with E-state index in [9.17, 15) is 18.0 Å². The predicted octanol–water partition coefficient (Wildman–Crippen LogP) is 3.30. The van der Waals surface area contributed by atoms with Crippen LogP contribution in [-0.2, 0) is 26.8 Å². The Hall–Kier alpha value is -3.47. The number of amides is 1. The highest BCUT2D eigenvalue weighted by atomic mass is 32.2. The zero-order valence-corrected chi connectivity index (χ0v) is 23.1. The summed E-state index contributed by atoms with van der Waals surface area (Å²) in [5, 5.41) is 8.63. The smallest absolute Gasteiger partial charge is 0.229 e. The van der Waals surface area contributed by atoms with E-state index < -0.39 is 21.3 Å². The monoisotopic (exact) mass is 541 g/mol. The average Bonchev–Trinajstić information content (AvgIpc) is 3.60. The number of sulfonamides is 1. The van der Waals surface area contributed by atoms with Gasteiger partial charge in [-0.25, -0.2) is 13.4 Å². The molecule has 4 N–H and O–H groups in total. The summed E-state index contributed by atoms with van der Waals surface area (Å²) in [5.41, 5.74) is 8.36. The zero-order valence-electron chi connectivity index (χ0n) is 22.3. The summed E-state index contributed by atoms with van der Waals surface area (Å²) >= 11 is 0. The van der Waals surface area contributed by atoms with Crippen molar-refractivity contribution >= 4 is 33.2 Å². The molecule has 2 aliphatic rings. The lowest BCUT2D eigenvalue weighted by atomic mass is 9.84. The van der Waals surface area contributed by atoms with Gasteiger partial charge in [0, 0.05) is 41.3 Å². The first-order chi connectivity index (χ1) is 17.7. The van der Waals surface area contributed by atoms with Gasteiger partial charge in [-0.3, -0.25) is 19.7 Å². The molecule has 4 rings (SSSR count). The van der Waals surface area contributed by atoms with E-state index >= 15 is 0 Å². The number of fused-ring (bicyclic) bond motifs is 1. The van der Waals surface area contributed by atoms with E-state index in [1.54, 1.807) is 11.0 Å². The number of nitrogens with two attached hydrogens (primary N) is 1. The number of hydrogen-bond acceptors (Lipinski definition) is 7. The first kappa shape index (κ1) is 27.6. The Morgan fingerprint density at radius 2 is 1.95 bits per heavy atom. The molecule has 10 nitrogen and oxygen atoms in total. The average molecular weight is 542 g/mol. The standard InChI is InChI=1S/C27H35N5O5S/c1-27(2,3)19-12-18(13-21(31-38(4,35)36)25(19)37-11-5-6-23(28)34)22(33)15-32-14-17-9-10-20(16-7-8-16)30-24(17)26(32)29/h9-10,12-13,16,29,31H,5-8,11,14-15H2,1-4H3,(H2,28,34). The van der Waals surface area contributed by atoms with Crippen LogP contribution < -0.4 is 15.2 Å². The Balaban J connectivity index is 1.62. The van der Waals surface area contributed by atoms with Crippen molar-refractivity contribution in [3.8, 4) is 5.75 Å². The molecule has 0 atom stereocenters. The largest absolute Gasteiger partial charge is 0.491 e. The van der Waals surface area contributed by atoms with E-state index in [1.165, 1.54) is 6.07 Å².